The first-order chi connectivity index (χ1) is 13.0. The van der Waals surface area contributed by atoms with Crippen LogP contribution in [0.25, 0.3) is 11.1 Å². The van der Waals surface area contributed by atoms with E-state index in [1.807, 2.05) is 61.5 Å². The first-order valence-corrected chi connectivity index (χ1v) is 8.93. The van der Waals surface area contributed by atoms with Gasteiger partial charge in [-0.15, -0.1) is 0 Å². The molecule has 4 rings (SSSR count). The highest BCUT2D eigenvalue weighted by Gasteiger charge is 2.46. The molecule has 1 atom stereocenters. The lowest BCUT2D eigenvalue weighted by Gasteiger charge is -2.33. The lowest BCUT2D eigenvalue weighted by Crippen LogP contribution is -2.40. The van der Waals surface area contributed by atoms with Crippen LogP contribution < -0.4 is 5.73 Å². The molecule has 4 nitrogen and oxygen atoms in total. The van der Waals surface area contributed by atoms with Crippen LogP contribution in [-0.2, 0) is 15.1 Å². The second kappa shape index (κ2) is 6.65. The smallest absolute Gasteiger partial charge is 0.322 e. The van der Waals surface area contributed by atoms with Crippen molar-refractivity contribution < 1.29 is 14.6 Å². The van der Waals surface area contributed by atoms with Crippen molar-refractivity contribution in [2.75, 3.05) is 6.61 Å². The zero-order chi connectivity index (χ0) is 19.0. The fourth-order valence-electron chi connectivity index (χ4n) is 3.90. The van der Waals surface area contributed by atoms with Gasteiger partial charge in [-0.25, -0.2) is 0 Å². The number of fused-ring (bicyclic) bond motifs is 3. The van der Waals surface area contributed by atoms with Crippen molar-refractivity contribution in [1.82, 2.24) is 0 Å². The van der Waals surface area contributed by atoms with E-state index in [2.05, 4.69) is 18.2 Å². The summed E-state index contributed by atoms with van der Waals surface area (Å²) in [6.07, 6.45) is 0. The molecule has 1 aliphatic rings. The molecule has 0 radical (unpaired) electrons. The Morgan fingerprint density at radius 3 is 2.15 bits per heavy atom. The molecule has 3 aromatic rings. The van der Waals surface area contributed by atoms with Gasteiger partial charge in [0.15, 0.2) is 0 Å². The number of rotatable bonds is 5. The van der Waals surface area contributed by atoms with Gasteiger partial charge in [-0.1, -0.05) is 78.4 Å². The summed E-state index contributed by atoms with van der Waals surface area (Å²) < 4.78 is 6.40. The Balaban J connectivity index is 1.97. The highest BCUT2D eigenvalue weighted by molar-refractivity contribution is 5.82. The molecule has 0 heterocycles. The van der Waals surface area contributed by atoms with E-state index >= 15 is 0 Å². The van der Waals surface area contributed by atoms with E-state index < -0.39 is 17.6 Å². The van der Waals surface area contributed by atoms with E-state index in [4.69, 9.17) is 10.5 Å². The standard InChI is InChI=1S/C23H21NO3/c1-15-7-6-8-16(13-15)23(27-14-21(24)22(25)26)19-11-4-2-9-17(19)18-10-3-5-12-20(18)23/h2-13,21H,14,24H2,1H3,(H,25,26)/t21-/m0/s1. The van der Waals surface area contributed by atoms with Crippen LogP contribution in [-0.4, -0.2) is 23.7 Å². The Hall–Kier alpha value is -2.95. The lowest BCUT2D eigenvalue weighted by atomic mass is 9.83. The van der Waals surface area contributed by atoms with Gasteiger partial charge in [-0.05, 0) is 23.6 Å². The minimum absolute atomic E-state index is 0.0913. The van der Waals surface area contributed by atoms with Crippen molar-refractivity contribution in [2.24, 2.45) is 5.73 Å². The predicted molar refractivity (Wildman–Crippen MR) is 105 cm³/mol. The number of carboxylic acid groups (broad SMARTS) is 1. The summed E-state index contributed by atoms with van der Waals surface area (Å²) in [4.78, 5) is 11.3. The van der Waals surface area contributed by atoms with E-state index in [1.165, 1.54) is 0 Å². The molecule has 136 valence electrons. The SMILES string of the molecule is Cc1cccc(C2(OC[C@H](N)C(=O)O)c3ccccc3-c3ccccc32)c1. The van der Waals surface area contributed by atoms with Crippen molar-refractivity contribution in [3.8, 4) is 11.1 Å². The average Bonchev–Trinajstić information content (AvgIpc) is 2.97. The van der Waals surface area contributed by atoms with Gasteiger partial charge in [-0.3, -0.25) is 4.79 Å². The van der Waals surface area contributed by atoms with Crippen molar-refractivity contribution >= 4 is 5.97 Å². The molecule has 4 heteroatoms. The molecule has 0 fully saturated rings. The number of benzene rings is 3. The zero-order valence-corrected chi connectivity index (χ0v) is 15.1. The minimum atomic E-state index is -1.09. The largest absolute Gasteiger partial charge is 0.480 e. The molecule has 0 saturated heterocycles. The van der Waals surface area contributed by atoms with Crippen molar-refractivity contribution in [3.05, 3.63) is 95.1 Å². The Bertz CT molecular complexity index is 966. The second-order valence-corrected chi connectivity index (χ2v) is 6.90. The van der Waals surface area contributed by atoms with E-state index in [0.29, 0.717) is 0 Å². The summed E-state index contributed by atoms with van der Waals surface area (Å²) in [5, 5.41) is 9.24. The Kier molecular flexibility index (Phi) is 4.30. The topological polar surface area (TPSA) is 72.5 Å². The highest BCUT2D eigenvalue weighted by atomic mass is 16.5. The van der Waals surface area contributed by atoms with Gasteiger partial charge in [-0.2, -0.15) is 0 Å². The third kappa shape index (κ3) is 2.74. The summed E-state index contributed by atoms with van der Waals surface area (Å²) in [7, 11) is 0. The normalized spacial score (nSPS) is 15.0. The van der Waals surface area contributed by atoms with E-state index in [9.17, 15) is 9.90 Å². The fraction of sp³-hybridized carbons (Fsp3) is 0.174. The van der Waals surface area contributed by atoms with Gasteiger partial charge in [0.1, 0.15) is 11.6 Å². The molecular formula is C23H21NO3. The number of carbonyl (C=O) groups is 1. The lowest BCUT2D eigenvalue weighted by molar-refractivity contribution is -0.141. The number of aryl methyl sites for hydroxylation is 1. The summed E-state index contributed by atoms with van der Waals surface area (Å²) in [6.45, 7) is 1.94. The molecule has 0 saturated carbocycles. The number of aliphatic carboxylic acids is 1. The number of ether oxygens (including phenoxy) is 1. The fourth-order valence-corrected chi connectivity index (χ4v) is 3.90. The second-order valence-electron chi connectivity index (χ2n) is 6.90. The van der Waals surface area contributed by atoms with E-state index in [1.54, 1.807) is 0 Å². The van der Waals surface area contributed by atoms with Gasteiger partial charge in [0, 0.05) is 11.1 Å². The molecular weight excluding hydrogens is 338 g/mol. The maximum absolute atomic E-state index is 11.3. The van der Waals surface area contributed by atoms with Crippen LogP contribution in [0.5, 0.6) is 0 Å². The van der Waals surface area contributed by atoms with Gasteiger partial charge >= 0.3 is 5.97 Å². The van der Waals surface area contributed by atoms with Gasteiger partial charge in [0.2, 0.25) is 0 Å². The monoisotopic (exact) mass is 359 g/mol. The molecule has 0 aliphatic heterocycles. The van der Waals surface area contributed by atoms with Crippen LogP contribution in [0.1, 0.15) is 22.3 Å². The van der Waals surface area contributed by atoms with Crippen LogP contribution in [0.3, 0.4) is 0 Å². The van der Waals surface area contributed by atoms with Crippen LogP contribution in [0.4, 0.5) is 0 Å². The molecule has 3 N–H and O–H groups in total. The van der Waals surface area contributed by atoms with Crippen molar-refractivity contribution in [2.45, 2.75) is 18.6 Å². The summed E-state index contributed by atoms with van der Waals surface area (Å²) in [6, 6.07) is 23.3. The van der Waals surface area contributed by atoms with Crippen LogP contribution in [0.15, 0.2) is 72.8 Å². The molecule has 1 aliphatic carbocycles. The average molecular weight is 359 g/mol. The Labute approximate surface area is 158 Å². The van der Waals surface area contributed by atoms with Gasteiger partial charge in [0.25, 0.3) is 0 Å². The minimum Gasteiger partial charge on any atom is -0.480 e. The molecule has 0 bridgehead atoms. The number of nitrogens with two attached hydrogens (primary N) is 1. The first kappa shape index (κ1) is 17.5. The third-order valence-corrected chi connectivity index (χ3v) is 5.12. The molecule has 3 aromatic carbocycles. The maximum atomic E-state index is 11.3. The van der Waals surface area contributed by atoms with Crippen LogP contribution in [0.2, 0.25) is 0 Å². The maximum Gasteiger partial charge on any atom is 0.322 e. The van der Waals surface area contributed by atoms with Crippen molar-refractivity contribution in [3.63, 3.8) is 0 Å². The summed E-state index contributed by atoms with van der Waals surface area (Å²) in [5.74, 6) is -1.08. The molecule has 27 heavy (non-hydrogen) atoms. The summed E-state index contributed by atoms with van der Waals surface area (Å²) >= 11 is 0. The van der Waals surface area contributed by atoms with E-state index in [0.717, 1.165) is 33.4 Å². The van der Waals surface area contributed by atoms with E-state index in [-0.39, 0.29) is 6.61 Å². The quantitative estimate of drug-likeness (QED) is 0.729. The van der Waals surface area contributed by atoms with Gasteiger partial charge < -0.3 is 15.6 Å². The molecule has 0 aromatic heterocycles. The zero-order valence-electron chi connectivity index (χ0n) is 15.1. The Morgan fingerprint density at radius 1 is 1.00 bits per heavy atom. The van der Waals surface area contributed by atoms with Gasteiger partial charge in [0.05, 0.1) is 6.61 Å². The molecule has 0 spiro atoms. The number of carboxylic acids is 1. The van der Waals surface area contributed by atoms with Crippen LogP contribution in [0, 0.1) is 6.92 Å². The summed E-state index contributed by atoms with van der Waals surface area (Å²) in [5.41, 5.74) is 11.2. The first-order valence-electron chi connectivity index (χ1n) is 8.93. The van der Waals surface area contributed by atoms with Crippen LogP contribution >= 0.6 is 0 Å². The molecule has 0 amide bonds. The molecule has 0 unspecified atom stereocenters. The third-order valence-electron chi connectivity index (χ3n) is 5.12. The highest BCUT2D eigenvalue weighted by Crippen LogP contribution is 2.53. The number of hydrogen-bond acceptors (Lipinski definition) is 3. The number of hydrogen-bond donors (Lipinski definition) is 2. The predicted octanol–water partition coefficient (Wildman–Crippen LogP) is 3.70. The van der Waals surface area contributed by atoms with Crippen molar-refractivity contribution in [1.29, 1.82) is 0 Å². The Morgan fingerprint density at radius 2 is 1.59 bits per heavy atom.